The van der Waals surface area contributed by atoms with E-state index in [-0.39, 0.29) is 28.2 Å². The number of halogens is 2. The zero-order valence-corrected chi connectivity index (χ0v) is 21.3. The molecule has 1 atom stereocenters. The summed E-state index contributed by atoms with van der Waals surface area (Å²) in [5, 5.41) is 17.2. The Kier molecular flexibility index (Phi) is 11.9. The number of nitro benzene ring substituents is 1. The molecule has 0 saturated carbocycles. The van der Waals surface area contributed by atoms with Gasteiger partial charge in [0.1, 0.15) is 5.82 Å². The van der Waals surface area contributed by atoms with Crippen LogP contribution in [0.15, 0.2) is 55.4 Å². The second-order valence-electron chi connectivity index (χ2n) is 6.43. The van der Waals surface area contributed by atoms with Crippen molar-refractivity contribution in [3.8, 4) is 0 Å². The molecule has 1 amide bonds. The molecule has 0 radical (unpaired) electrons. The highest BCUT2D eigenvalue weighted by molar-refractivity contribution is 9.11. The van der Waals surface area contributed by atoms with Crippen LogP contribution in [-0.2, 0) is 14.5 Å². The summed E-state index contributed by atoms with van der Waals surface area (Å²) in [5.41, 5.74) is 5.47. The van der Waals surface area contributed by atoms with Crippen LogP contribution in [0.3, 0.4) is 0 Å². The average Bonchev–Trinajstić information content (AvgIpc) is 2.73. The summed E-state index contributed by atoms with van der Waals surface area (Å²) < 4.78 is 22.0. The minimum absolute atomic E-state index is 0.0837. The van der Waals surface area contributed by atoms with Crippen LogP contribution in [-0.4, -0.2) is 46.5 Å². The quantitative estimate of drug-likeness (QED) is 0.0643. The first-order chi connectivity index (χ1) is 15.5. The molecule has 33 heavy (non-hydrogen) atoms. The lowest BCUT2D eigenvalue weighted by Gasteiger charge is -2.13. The summed E-state index contributed by atoms with van der Waals surface area (Å²) in [5.74, 6) is 0.428. The maximum Gasteiger partial charge on any atom is 0.442 e. The molecule has 1 rings (SSSR count). The van der Waals surface area contributed by atoms with Gasteiger partial charge < -0.3 is 21.1 Å². The van der Waals surface area contributed by atoms with Crippen LogP contribution in [0.2, 0.25) is 0 Å². The van der Waals surface area contributed by atoms with E-state index >= 15 is 0 Å². The highest BCUT2D eigenvalue weighted by Crippen LogP contribution is 2.28. The van der Waals surface area contributed by atoms with E-state index in [1.807, 2.05) is 0 Å². The van der Waals surface area contributed by atoms with Gasteiger partial charge in [0, 0.05) is 31.5 Å². The van der Waals surface area contributed by atoms with Gasteiger partial charge in [0.2, 0.25) is 0 Å². The van der Waals surface area contributed by atoms with E-state index in [9.17, 15) is 19.1 Å². The number of non-ortho nitro benzene ring substituents is 1. The van der Waals surface area contributed by atoms with Crippen molar-refractivity contribution in [1.82, 2.24) is 5.32 Å². The number of anilines is 1. The van der Waals surface area contributed by atoms with Crippen molar-refractivity contribution >= 4 is 60.0 Å². The first kappa shape index (κ1) is 28.4. The van der Waals surface area contributed by atoms with Gasteiger partial charge in [-0.05, 0) is 53.4 Å². The fourth-order valence-electron chi connectivity index (χ4n) is 2.50. The predicted octanol–water partition coefficient (Wildman–Crippen LogP) is 4.29. The maximum absolute atomic E-state index is 13.0. The molecule has 0 aliphatic carbocycles. The number of nitrogens with two attached hydrogens (primary N) is 1. The van der Waals surface area contributed by atoms with E-state index in [0.717, 1.165) is 0 Å². The summed E-state index contributed by atoms with van der Waals surface area (Å²) in [4.78, 5) is 26.4. The van der Waals surface area contributed by atoms with E-state index in [1.54, 1.807) is 13.0 Å². The average molecular weight is 566 g/mol. The largest absolute Gasteiger partial charge is 0.448 e. The van der Waals surface area contributed by atoms with Crippen molar-refractivity contribution < 1.29 is 18.7 Å². The number of aliphatic imine (C=N–C) groups is 1. The number of nitrogens with one attached hydrogen (secondary N) is 2. The van der Waals surface area contributed by atoms with E-state index in [4.69, 9.17) is 22.1 Å². The lowest BCUT2D eigenvalue weighted by Crippen LogP contribution is -2.18. The van der Waals surface area contributed by atoms with Crippen LogP contribution < -0.4 is 16.4 Å². The number of nitrogens with zero attached hydrogens (tertiary/aromatic N) is 3. The van der Waals surface area contributed by atoms with Crippen molar-refractivity contribution in [3.05, 3.63) is 51.3 Å². The predicted molar refractivity (Wildman–Crippen MR) is 134 cm³/mol. The first-order valence-corrected chi connectivity index (χ1v) is 12.8. The number of allylic oxidation sites excluding steroid dienone is 2. The number of hydrogen-bond donors (Lipinski definition) is 3. The van der Waals surface area contributed by atoms with Gasteiger partial charge in [-0.25, -0.2) is 14.0 Å². The lowest BCUT2D eigenvalue weighted by atomic mass is 10.2. The fourth-order valence-corrected chi connectivity index (χ4v) is 4.11. The van der Waals surface area contributed by atoms with Crippen LogP contribution >= 0.6 is 27.5 Å². The number of rotatable bonds is 12. The van der Waals surface area contributed by atoms with Gasteiger partial charge in [-0.15, -0.1) is 4.36 Å². The van der Waals surface area contributed by atoms with Crippen LogP contribution in [0.4, 0.5) is 16.2 Å². The Bertz CT molecular complexity index is 1060. The molecule has 0 aliphatic heterocycles. The molecule has 0 fully saturated rings. The molecule has 1 unspecified atom stereocenters. The number of benzene rings is 1. The van der Waals surface area contributed by atoms with Crippen LogP contribution in [0.5, 0.6) is 0 Å². The second kappa shape index (κ2) is 13.8. The number of nitro groups is 1. The standard InChI is InChI=1S/C19H26BrClN6O5S/c1-4-14(20)17(25-18(21)22)24-11-7-6-10-23-15-12-13(27(29)30)8-9-16(15)33(3,31)26-19(28)32-5-2/h4,8-9,12,23-24H,1,5-7,10-11H2,2-3H3,(H2,22,25)/b17-14+. The molecule has 0 saturated heterocycles. The van der Waals surface area contributed by atoms with Gasteiger partial charge in [0.15, 0.2) is 5.29 Å². The Hall–Kier alpha value is -2.64. The molecule has 182 valence electrons. The van der Waals surface area contributed by atoms with Crippen LogP contribution in [0.25, 0.3) is 0 Å². The highest BCUT2D eigenvalue weighted by Gasteiger charge is 2.18. The van der Waals surface area contributed by atoms with E-state index in [0.29, 0.717) is 36.2 Å². The Morgan fingerprint density at radius 2 is 2.09 bits per heavy atom. The van der Waals surface area contributed by atoms with Gasteiger partial charge in [-0.1, -0.05) is 12.7 Å². The zero-order valence-electron chi connectivity index (χ0n) is 18.2. The molecule has 0 spiro atoms. The summed E-state index contributed by atoms with van der Waals surface area (Å²) >= 11 is 8.92. The molecule has 1 aromatic rings. The fraction of sp³-hybridized carbons (Fsp3) is 0.368. The lowest BCUT2D eigenvalue weighted by molar-refractivity contribution is -0.384. The molecule has 11 nitrogen and oxygen atoms in total. The van der Waals surface area contributed by atoms with E-state index < -0.39 is 20.7 Å². The summed E-state index contributed by atoms with van der Waals surface area (Å²) in [6.45, 7) is 6.26. The van der Waals surface area contributed by atoms with E-state index in [1.165, 1.54) is 24.5 Å². The summed E-state index contributed by atoms with van der Waals surface area (Å²) in [7, 11) is -3.19. The number of carbonyl (C=O) groups is 1. The van der Waals surface area contributed by atoms with Gasteiger partial charge in [-0.2, -0.15) is 0 Å². The zero-order chi connectivity index (χ0) is 25.0. The van der Waals surface area contributed by atoms with Crippen molar-refractivity contribution in [2.45, 2.75) is 24.7 Å². The van der Waals surface area contributed by atoms with Gasteiger partial charge in [0.25, 0.3) is 5.69 Å². The molecule has 0 aliphatic rings. The molecule has 14 heteroatoms. The number of hydrogen-bond acceptors (Lipinski definition) is 8. The van der Waals surface area contributed by atoms with Crippen LogP contribution in [0.1, 0.15) is 19.8 Å². The Balaban J connectivity index is 2.91. The Labute approximate surface area is 206 Å². The van der Waals surface area contributed by atoms with Crippen molar-refractivity contribution in [2.75, 3.05) is 31.3 Å². The van der Waals surface area contributed by atoms with E-state index in [2.05, 4.69) is 42.5 Å². The molecule has 0 heterocycles. The van der Waals surface area contributed by atoms with Gasteiger partial charge >= 0.3 is 6.09 Å². The first-order valence-electron chi connectivity index (χ1n) is 9.68. The molecule has 1 aromatic carbocycles. The Morgan fingerprint density at radius 1 is 1.42 bits per heavy atom. The smallest absolute Gasteiger partial charge is 0.442 e. The number of unbranched alkanes of at least 4 members (excludes halogenated alkanes) is 1. The molecule has 4 N–H and O–H groups in total. The third-order valence-electron chi connectivity index (χ3n) is 3.93. The minimum atomic E-state index is -3.19. The van der Waals surface area contributed by atoms with Gasteiger partial charge in [-0.3, -0.25) is 10.1 Å². The number of ether oxygens (including phenoxy) is 1. The Morgan fingerprint density at radius 3 is 2.67 bits per heavy atom. The highest BCUT2D eigenvalue weighted by atomic mass is 79.9. The summed E-state index contributed by atoms with van der Waals surface area (Å²) in [6.07, 6.45) is 3.18. The topological polar surface area (TPSA) is 161 Å². The van der Waals surface area contributed by atoms with Crippen molar-refractivity contribution in [3.63, 3.8) is 0 Å². The number of amidine groups is 1. The summed E-state index contributed by atoms with van der Waals surface area (Å²) in [6, 6.07) is 3.80. The minimum Gasteiger partial charge on any atom is -0.448 e. The number of amides is 1. The van der Waals surface area contributed by atoms with Crippen molar-refractivity contribution in [2.24, 2.45) is 15.1 Å². The molecule has 0 aromatic heterocycles. The molecular weight excluding hydrogens is 540 g/mol. The second-order valence-corrected chi connectivity index (χ2v) is 9.90. The third kappa shape index (κ3) is 9.80. The molecular formula is C19H26BrClN6O5S. The van der Waals surface area contributed by atoms with Crippen molar-refractivity contribution in [1.29, 1.82) is 0 Å². The van der Waals surface area contributed by atoms with Gasteiger partial charge in [0.05, 0.1) is 36.3 Å². The molecule has 0 bridgehead atoms. The van der Waals surface area contributed by atoms with Crippen LogP contribution in [0, 0.1) is 10.1 Å². The number of carbonyl (C=O) groups excluding carboxylic acids is 1. The third-order valence-corrected chi connectivity index (χ3v) is 6.39. The SMILES string of the molecule is C=C/C(Br)=C(\N=C(N)Cl)NCCCCNc1cc([N+](=O)[O-])ccc1S(C)(=O)=NC(=O)OCC. The maximum atomic E-state index is 13.0. The normalized spacial score (nSPS) is 13.9. The monoisotopic (exact) mass is 564 g/mol.